The number of benzene rings is 3. The molecule has 3 aliphatic heterocycles. The van der Waals surface area contributed by atoms with Crippen molar-refractivity contribution in [3.8, 4) is 11.5 Å². The van der Waals surface area contributed by atoms with Gasteiger partial charge >= 0.3 is 0 Å². The minimum atomic E-state index is -0.659. The van der Waals surface area contributed by atoms with Gasteiger partial charge in [0, 0.05) is 58.2 Å². The fraction of sp³-hybridized carbons (Fsp3) is 0.444. The third-order valence-electron chi connectivity index (χ3n) is 9.26. The Morgan fingerprint density at radius 3 is 2.35 bits per heavy atom. The smallest absolute Gasteiger partial charge is 0.245 e. The predicted molar refractivity (Wildman–Crippen MR) is 197 cm³/mol. The van der Waals surface area contributed by atoms with Crippen LogP contribution in [-0.4, -0.2) is 87.2 Å². The molecule has 9 nitrogen and oxygen atoms in total. The van der Waals surface area contributed by atoms with Crippen molar-refractivity contribution in [3.63, 3.8) is 0 Å². The molecule has 262 valence electrons. The van der Waals surface area contributed by atoms with Crippen molar-refractivity contribution in [1.29, 1.82) is 0 Å². The van der Waals surface area contributed by atoms with E-state index in [1.165, 1.54) is 5.56 Å². The SMILES string of the molecule is COc1ccc(CC(NC(=O)CC2NCc3ccccc32)C(=O)N2CCN(c3ccccc3O[C@H]3CCCN(C)C3)CC2)cc1.Cl.Cl.Cl. The van der Waals surface area contributed by atoms with Gasteiger partial charge < -0.3 is 34.8 Å². The summed E-state index contributed by atoms with van der Waals surface area (Å²) in [5, 5.41) is 6.56. The summed E-state index contributed by atoms with van der Waals surface area (Å²) in [6.45, 7) is 5.34. The van der Waals surface area contributed by atoms with E-state index in [1.54, 1.807) is 7.11 Å². The molecule has 0 spiro atoms. The Balaban J connectivity index is 0.00000208. The van der Waals surface area contributed by atoms with E-state index in [0.717, 1.165) is 60.8 Å². The first-order valence-corrected chi connectivity index (χ1v) is 16.2. The van der Waals surface area contributed by atoms with Gasteiger partial charge in [-0.25, -0.2) is 0 Å². The molecule has 2 saturated heterocycles. The molecule has 0 aliphatic carbocycles. The van der Waals surface area contributed by atoms with Gasteiger partial charge in [-0.3, -0.25) is 9.59 Å². The average Bonchev–Trinajstić information content (AvgIpc) is 3.47. The van der Waals surface area contributed by atoms with E-state index in [9.17, 15) is 9.59 Å². The lowest BCUT2D eigenvalue weighted by molar-refractivity contribution is -0.136. The number of piperazine rings is 1. The van der Waals surface area contributed by atoms with Crippen LogP contribution in [0.1, 0.15) is 42.0 Å². The van der Waals surface area contributed by atoms with Crippen molar-refractivity contribution >= 4 is 54.7 Å². The van der Waals surface area contributed by atoms with Gasteiger partial charge in [-0.05, 0) is 67.4 Å². The molecule has 3 aromatic carbocycles. The van der Waals surface area contributed by atoms with Crippen LogP contribution < -0.4 is 25.0 Å². The molecule has 3 aromatic rings. The van der Waals surface area contributed by atoms with Crippen LogP contribution in [0.15, 0.2) is 72.8 Å². The number of fused-ring (bicyclic) bond motifs is 1. The number of anilines is 1. The maximum atomic E-state index is 14.0. The largest absolute Gasteiger partial charge is 0.497 e. The van der Waals surface area contributed by atoms with Crippen molar-refractivity contribution in [2.75, 3.05) is 58.3 Å². The zero-order valence-electron chi connectivity index (χ0n) is 27.6. The van der Waals surface area contributed by atoms with E-state index < -0.39 is 6.04 Å². The quantitative estimate of drug-likeness (QED) is 0.304. The average molecular weight is 721 g/mol. The molecule has 2 N–H and O–H groups in total. The summed E-state index contributed by atoms with van der Waals surface area (Å²) in [4.78, 5) is 33.9. The van der Waals surface area contributed by atoms with E-state index in [1.807, 2.05) is 53.4 Å². The number of amides is 2. The highest BCUT2D eigenvalue weighted by Crippen LogP contribution is 2.31. The van der Waals surface area contributed by atoms with E-state index in [-0.39, 0.29) is 67.6 Å². The molecule has 48 heavy (non-hydrogen) atoms. The maximum absolute atomic E-state index is 14.0. The van der Waals surface area contributed by atoms with E-state index >= 15 is 0 Å². The fourth-order valence-electron chi connectivity index (χ4n) is 6.80. The summed E-state index contributed by atoms with van der Waals surface area (Å²) in [5.74, 6) is 1.49. The second kappa shape index (κ2) is 18.5. The minimum Gasteiger partial charge on any atom is -0.497 e. The number of carbonyl (C=O) groups is 2. The van der Waals surface area contributed by atoms with E-state index in [4.69, 9.17) is 9.47 Å². The molecule has 0 aromatic heterocycles. The molecular formula is C36H48Cl3N5O4. The van der Waals surface area contributed by atoms with Gasteiger partial charge in [0.05, 0.1) is 12.8 Å². The first-order valence-electron chi connectivity index (χ1n) is 16.2. The number of nitrogens with zero attached hydrogens (tertiary/aromatic N) is 3. The molecule has 0 bridgehead atoms. The maximum Gasteiger partial charge on any atom is 0.245 e. The van der Waals surface area contributed by atoms with Gasteiger partial charge in [0.2, 0.25) is 11.8 Å². The normalized spacial score (nSPS) is 19.5. The monoisotopic (exact) mass is 719 g/mol. The molecule has 0 saturated carbocycles. The standard InChI is InChI=1S/C36H45N5O4.3ClH/c1-39-17-7-9-29(25-39)45-34-12-6-5-11-33(34)40-18-20-41(21-19-40)36(43)32(22-26-13-15-28(44-2)16-14-26)38-35(42)23-31-30-10-4-3-8-27(30)24-37-31;;;/h3-6,8,10-16,29,31-32,37H,7,9,17-25H2,1-2H3,(H,38,42);3*1H/t29-,31?,32?;;;/m0.../s1. The highest BCUT2D eigenvalue weighted by Gasteiger charge is 2.31. The van der Waals surface area contributed by atoms with Gasteiger partial charge in [0.25, 0.3) is 0 Å². The second-order valence-corrected chi connectivity index (χ2v) is 12.4. The predicted octanol–water partition coefficient (Wildman–Crippen LogP) is 5.04. The molecule has 3 aliphatic rings. The number of carbonyl (C=O) groups excluding carboxylic acids is 2. The third kappa shape index (κ3) is 9.70. The lowest BCUT2D eigenvalue weighted by atomic mass is 10.0. The topological polar surface area (TPSA) is 86.4 Å². The Morgan fingerprint density at radius 1 is 0.917 bits per heavy atom. The Hall–Kier alpha value is -3.21. The Morgan fingerprint density at radius 2 is 1.62 bits per heavy atom. The summed E-state index contributed by atoms with van der Waals surface area (Å²) >= 11 is 0. The van der Waals surface area contributed by atoms with Crippen molar-refractivity contribution < 1.29 is 19.1 Å². The number of ether oxygens (including phenoxy) is 2. The van der Waals surface area contributed by atoms with Crippen molar-refractivity contribution in [3.05, 3.63) is 89.5 Å². The number of halogens is 3. The van der Waals surface area contributed by atoms with Crippen LogP contribution in [0.3, 0.4) is 0 Å². The van der Waals surface area contributed by atoms with Crippen LogP contribution in [0.2, 0.25) is 0 Å². The summed E-state index contributed by atoms with van der Waals surface area (Å²) in [6.07, 6.45) is 3.08. The molecule has 2 amide bonds. The number of nitrogens with one attached hydrogen (secondary N) is 2. The summed E-state index contributed by atoms with van der Waals surface area (Å²) in [5.41, 5.74) is 4.42. The molecule has 6 rings (SSSR count). The molecule has 3 heterocycles. The van der Waals surface area contributed by atoms with Crippen LogP contribution in [0.4, 0.5) is 5.69 Å². The van der Waals surface area contributed by atoms with Crippen LogP contribution in [-0.2, 0) is 22.6 Å². The fourth-order valence-corrected chi connectivity index (χ4v) is 6.80. The van der Waals surface area contributed by atoms with Crippen LogP contribution in [0, 0.1) is 0 Å². The lowest BCUT2D eigenvalue weighted by Gasteiger charge is -2.39. The number of likely N-dealkylation sites (tertiary alicyclic amines) is 1. The van der Waals surface area contributed by atoms with E-state index in [2.05, 4.69) is 51.7 Å². The Labute approximate surface area is 302 Å². The number of rotatable bonds is 10. The highest BCUT2D eigenvalue weighted by atomic mass is 35.5. The Kier molecular flexibility index (Phi) is 15.1. The molecule has 2 unspecified atom stereocenters. The van der Waals surface area contributed by atoms with Gasteiger partial charge in [-0.2, -0.15) is 0 Å². The van der Waals surface area contributed by atoms with Gasteiger partial charge in [0.1, 0.15) is 23.6 Å². The molecular weight excluding hydrogens is 673 g/mol. The van der Waals surface area contributed by atoms with E-state index in [0.29, 0.717) is 32.6 Å². The van der Waals surface area contributed by atoms with Crippen LogP contribution in [0.5, 0.6) is 11.5 Å². The highest BCUT2D eigenvalue weighted by molar-refractivity contribution is 5.88. The van der Waals surface area contributed by atoms with Crippen LogP contribution in [0.25, 0.3) is 0 Å². The molecule has 3 atom stereocenters. The minimum absolute atomic E-state index is 0. The summed E-state index contributed by atoms with van der Waals surface area (Å²) in [6, 6.07) is 23.4. The van der Waals surface area contributed by atoms with Gasteiger partial charge in [0.15, 0.2) is 0 Å². The van der Waals surface area contributed by atoms with Crippen molar-refractivity contribution in [1.82, 2.24) is 20.4 Å². The van der Waals surface area contributed by atoms with Gasteiger partial charge in [-0.15, -0.1) is 37.2 Å². The Bertz CT molecular complexity index is 1470. The van der Waals surface area contributed by atoms with Crippen molar-refractivity contribution in [2.24, 2.45) is 0 Å². The number of hydrogen-bond acceptors (Lipinski definition) is 7. The molecule has 2 fully saturated rings. The summed E-state index contributed by atoms with van der Waals surface area (Å²) in [7, 11) is 3.78. The molecule has 12 heteroatoms. The van der Waals surface area contributed by atoms with Crippen LogP contribution >= 0.6 is 37.2 Å². The van der Waals surface area contributed by atoms with Gasteiger partial charge in [-0.1, -0.05) is 48.5 Å². The number of methoxy groups -OCH3 is 1. The first kappa shape index (κ1) is 39.2. The number of para-hydroxylation sites is 2. The number of piperidine rings is 1. The number of likely N-dealkylation sites (N-methyl/N-ethyl adjacent to an activating group) is 1. The first-order chi connectivity index (χ1) is 22.0. The zero-order chi connectivity index (χ0) is 31.2. The second-order valence-electron chi connectivity index (χ2n) is 12.4. The summed E-state index contributed by atoms with van der Waals surface area (Å²) < 4.78 is 11.8. The number of hydrogen-bond donors (Lipinski definition) is 2. The zero-order valence-corrected chi connectivity index (χ0v) is 30.1. The third-order valence-corrected chi connectivity index (χ3v) is 9.26. The lowest BCUT2D eigenvalue weighted by Crippen LogP contribution is -2.55. The molecule has 0 radical (unpaired) electrons. The van der Waals surface area contributed by atoms with Crippen molar-refractivity contribution in [2.45, 2.75) is 50.4 Å².